The number of aromatic amines is 1. The molecule has 0 spiro atoms. The molecule has 0 unspecified atom stereocenters. The summed E-state index contributed by atoms with van der Waals surface area (Å²) in [7, 11) is 0. The summed E-state index contributed by atoms with van der Waals surface area (Å²) >= 11 is 0. The minimum absolute atomic E-state index is 0.432. The van der Waals surface area contributed by atoms with Gasteiger partial charge >= 0.3 is 0 Å². The highest BCUT2D eigenvalue weighted by Gasteiger charge is 2.18. The quantitative estimate of drug-likeness (QED) is 0.564. The Bertz CT molecular complexity index is 420. The van der Waals surface area contributed by atoms with E-state index >= 15 is 0 Å². The van der Waals surface area contributed by atoms with Crippen molar-refractivity contribution in [2.45, 2.75) is 0 Å². The van der Waals surface area contributed by atoms with Gasteiger partial charge in [0.05, 0.1) is 18.2 Å². The molecule has 5 heteroatoms. The van der Waals surface area contributed by atoms with Crippen LogP contribution in [-0.4, -0.2) is 11.5 Å². The molecule has 64 valence electrons. The molecule has 1 aromatic rings. The van der Waals surface area contributed by atoms with E-state index in [2.05, 4.69) is 15.4 Å². The van der Waals surface area contributed by atoms with E-state index in [1.807, 2.05) is 6.07 Å². The minimum atomic E-state index is 0.432. The van der Waals surface area contributed by atoms with Gasteiger partial charge in [0.25, 0.3) is 0 Å². The van der Waals surface area contributed by atoms with Crippen LogP contribution in [0.25, 0.3) is 5.70 Å². The molecule has 1 aliphatic rings. The van der Waals surface area contributed by atoms with Gasteiger partial charge in [0.15, 0.2) is 0 Å². The van der Waals surface area contributed by atoms with E-state index in [-0.39, 0.29) is 0 Å². The highest BCUT2D eigenvalue weighted by Crippen LogP contribution is 2.30. The molecule has 13 heavy (non-hydrogen) atoms. The Hall–Kier alpha value is -2.09. The average molecular weight is 173 g/mol. The fraction of sp³-hybridized carbons (Fsp3) is 0.125. The predicted octanol–water partition coefficient (Wildman–Crippen LogP) is 1.71. The molecule has 2 rings (SSSR count). The van der Waals surface area contributed by atoms with Crippen molar-refractivity contribution in [3.8, 4) is 6.07 Å². The first kappa shape index (κ1) is 7.55. The Kier molecular flexibility index (Phi) is 1.60. The number of hydrogen-bond donors (Lipinski definition) is 3. The van der Waals surface area contributed by atoms with Gasteiger partial charge < -0.3 is 10.3 Å². The summed E-state index contributed by atoms with van der Waals surface area (Å²) in [6.45, 7) is 0.432. The van der Waals surface area contributed by atoms with Crippen molar-refractivity contribution in [1.82, 2.24) is 4.98 Å². The van der Waals surface area contributed by atoms with Crippen LogP contribution in [0.4, 0.5) is 5.82 Å². The van der Waals surface area contributed by atoms with Gasteiger partial charge in [0.1, 0.15) is 11.5 Å². The molecule has 0 saturated carbocycles. The van der Waals surface area contributed by atoms with Crippen molar-refractivity contribution in [1.29, 1.82) is 10.8 Å². The summed E-state index contributed by atoms with van der Waals surface area (Å²) in [6, 6.07) is 3.82. The zero-order chi connectivity index (χ0) is 9.26. The van der Waals surface area contributed by atoms with Crippen molar-refractivity contribution in [3.05, 3.63) is 23.4 Å². The second-order valence-electron chi connectivity index (χ2n) is 2.67. The largest absolute Gasteiger partial charge is 0.366 e. The molecule has 0 atom stereocenters. The van der Waals surface area contributed by atoms with E-state index in [4.69, 9.17) is 10.8 Å². The SMILES string of the molecule is N#CC1=C(N=N)c2cc[nH]c2NC1. The Balaban J connectivity index is 2.62. The zero-order valence-electron chi connectivity index (χ0n) is 6.76. The molecular weight excluding hydrogens is 166 g/mol. The van der Waals surface area contributed by atoms with E-state index in [0.717, 1.165) is 11.4 Å². The van der Waals surface area contributed by atoms with Gasteiger partial charge in [-0.2, -0.15) is 10.4 Å². The highest BCUT2D eigenvalue weighted by molar-refractivity contribution is 5.81. The summed E-state index contributed by atoms with van der Waals surface area (Å²) in [4.78, 5) is 2.97. The van der Waals surface area contributed by atoms with Crippen LogP contribution in [0.1, 0.15) is 5.56 Å². The number of rotatable bonds is 1. The minimum Gasteiger partial charge on any atom is -0.366 e. The summed E-state index contributed by atoms with van der Waals surface area (Å²) in [5.41, 5.74) is 8.72. The van der Waals surface area contributed by atoms with Crippen LogP contribution in [0, 0.1) is 16.9 Å². The second-order valence-corrected chi connectivity index (χ2v) is 2.67. The third kappa shape index (κ3) is 0.999. The lowest BCUT2D eigenvalue weighted by atomic mass is 10.1. The zero-order valence-corrected chi connectivity index (χ0v) is 6.76. The van der Waals surface area contributed by atoms with Gasteiger partial charge in [0, 0.05) is 11.8 Å². The van der Waals surface area contributed by atoms with Crippen LogP contribution < -0.4 is 5.32 Å². The number of fused-ring (bicyclic) bond motifs is 1. The van der Waals surface area contributed by atoms with Crippen LogP contribution in [-0.2, 0) is 0 Å². The number of H-pyrrole nitrogens is 1. The number of nitrogens with one attached hydrogen (secondary N) is 3. The molecule has 1 aromatic heterocycles. The lowest BCUT2D eigenvalue weighted by Gasteiger charge is -2.13. The van der Waals surface area contributed by atoms with Crippen molar-refractivity contribution in [2.24, 2.45) is 5.11 Å². The molecule has 0 fully saturated rings. The molecule has 0 amide bonds. The van der Waals surface area contributed by atoms with Crippen molar-refractivity contribution >= 4 is 11.5 Å². The number of anilines is 1. The van der Waals surface area contributed by atoms with E-state index in [1.54, 1.807) is 12.3 Å². The van der Waals surface area contributed by atoms with E-state index in [9.17, 15) is 0 Å². The lowest BCUT2D eigenvalue weighted by Crippen LogP contribution is -2.11. The number of nitrogens with zero attached hydrogens (tertiary/aromatic N) is 2. The molecule has 5 nitrogen and oxygen atoms in total. The summed E-state index contributed by atoms with van der Waals surface area (Å²) < 4.78 is 0. The first-order chi connectivity index (χ1) is 6.36. The maximum atomic E-state index is 8.75. The Labute approximate surface area is 74.6 Å². The highest BCUT2D eigenvalue weighted by atomic mass is 15.0. The Morgan fingerprint density at radius 2 is 2.46 bits per heavy atom. The third-order valence-electron chi connectivity index (χ3n) is 1.98. The van der Waals surface area contributed by atoms with Crippen LogP contribution in [0.3, 0.4) is 0 Å². The molecule has 0 saturated heterocycles. The number of hydrogen-bond acceptors (Lipinski definition) is 4. The molecule has 0 bridgehead atoms. The van der Waals surface area contributed by atoms with Crippen molar-refractivity contribution < 1.29 is 0 Å². The van der Waals surface area contributed by atoms with Crippen LogP contribution >= 0.6 is 0 Å². The topological polar surface area (TPSA) is 87.8 Å². The first-order valence-corrected chi connectivity index (χ1v) is 3.79. The Morgan fingerprint density at radius 3 is 3.15 bits per heavy atom. The van der Waals surface area contributed by atoms with Crippen LogP contribution in [0.2, 0.25) is 0 Å². The number of aromatic nitrogens is 1. The van der Waals surface area contributed by atoms with E-state index in [0.29, 0.717) is 17.8 Å². The molecule has 0 aromatic carbocycles. The van der Waals surface area contributed by atoms with E-state index in [1.165, 1.54) is 0 Å². The fourth-order valence-electron chi connectivity index (χ4n) is 1.36. The maximum absolute atomic E-state index is 8.75. The molecule has 2 heterocycles. The molecule has 1 aliphatic heterocycles. The summed E-state index contributed by atoms with van der Waals surface area (Å²) in [5.74, 6) is 0.824. The Morgan fingerprint density at radius 1 is 1.62 bits per heavy atom. The average Bonchev–Trinajstić information content (AvgIpc) is 2.63. The van der Waals surface area contributed by atoms with Crippen molar-refractivity contribution in [3.63, 3.8) is 0 Å². The molecule has 0 aliphatic carbocycles. The fourth-order valence-corrected chi connectivity index (χ4v) is 1.36. The monoisotopic (exact) mass is 173 g/mol. The summed E-state index contributed by atoms with van der Waals surface area (Å²) in [6.07, 6.45) is 1.75. The van der Waals surface area contributed by atoms with Gasteiger partial charge in [-0.3, -0.25) is 0 Å². The molecule has 3 N–H and O–H groups in total. The van der Waals surface area contributed by atoms with Gasteiger partial charge in [-0.25, -0.2) is 5.53 Å². The first-order valence-electron chi connectivity index (χ1n) is 3.79. The third-order valence-corrected chi connectivity index (χ3v) is 1.98. The van der Waals surface area contributed by atoms with Crippen LogP contribution in [0.15, 0.2) is 23.0 Å². The second kappa shape index (κ2) is 2.75. The number of nitriles is 1. The molecular formula is C8H7N5. The van der Waals surface area contributed by atoms with Gasteiger partial charge in [0.2, 0.25) is 0 Å². The summed E-state index contributed by atoms with van der Waals surface area (Å²) in [5, 5.41) is 15.1. The normalized spacial score (nSPS) is 14.4. The standard InChI is InChI=1S/C8H7N5/c9-3-5-4-12-8-6(1-2-11-8)7(5)13-10/h1-2,10-12H,4H2. The van der Waals surface area contributed by atoms with Gasteiger partial charge in [-0.15, -0.1) is 0 Å². The maximum Gasteiger partial charge on any atom is 0.113 e. The van der Waals surface area contributed by atoms with Gasteiger partial charge in [-0.05, 0) is 6.07 Å². The molecule has 0 radical (unpaired) electrons. The lowest BCUT2D eigenvalue weighted by molar-refractivity contribution is 1.10. The van der Waals surface area contributed by atoms with Gasteiger partial charge in [-0.1, -0.05) is 0 Å². The smallest absolute Gasteiger partial charge is 0.113 e. The predicted molar refractivity (Wildman–Crippen MR) is 47.0 cm³/mol. The van der Waals surface area contributed by atoms with Crippen molar-refractivity contribution in [2.75, 3.05) is 11.9 Å². The van der Waals surface area contributed by atoms with Crippen LogP contribution in [0.5, 0.6) is 0 Å². The van der Waals surface area contributed by atoms with E-state index < -0.39 is 0 Å².